The fraction of sp³-hybridized carbons (Fsp3) is 0.278. The molecule has 2 aromatic carbocycles. The summed E-state index contributed by atoms with van der Waals surface area (Å²) >= 11 is 5.83. The number of halogens is 4. The van der Waals surface area contributed by atoms with E-state index in [2.05, 4.69) is 0 Å². The fourth-order valence-electron chi connectivity index (χ4n) is 2.85. The Kier molecular flexibility index (Phi) is 5.30. The Labute approximate surface area is 148 Å². The van der Waals surface area contributed by atoms with E-state index in [1.165, 1.54) is 35.2 Å². The van der Waals surface area contributed by atoms with Crippen molar-refractivity contribution in [3.8, 4) is 0 Å². The first-order valence-corrected chi connectivity index (χ1v) is 8.23. The number of piperazine rings is 1. The van der Waals surface area contributed by atoms with Crippen molar-refractivity contribution in [2.45, 2.75) is 6.54 Å². The predicted octanol–water partition coefficient (Wildman–Crippen LogP) is 3.72. The normalized spacial score (nSPS) is 15.4. The van der Waals surface area contributed by atoms with Gasteiger partial charge in [-0.25, -0.2) is 13.2 Å². The molecule has 132 valence electrons. The Bertz CT molecular complexity index is 792. The van der Waals surface area contributed by atoms with E-state index in [1.54, 1.807) is 0 Å². The number of hydrogen-bond donors (Lipinski definition) is 0. The Morgan fingerprint density at radius 2 is 1.72 bits per heavy atom. The maximum Gasteiger partial charge on any atom is 0.256 e. The number of hydrogen-bond acceptors (Lipinski definition) is 2. The second-order valence-electron chi connectivity index (χ2n) is 5.91. The average Bonchev–Trinajstić information content (AvgIpc) is 2.61. The average molecular weight is 369 g/mol. The van der Waals surface area contributed by atoms with Gasteiger partial charge in [-0.2, -0.15) is 0 Å². The summed E-state index contributed by atoms with van der Waals surface area (Å²) in [5.74, 6) is -2.75. The van der Waals surface area contributed by atoms with Crippen molar-refractivity contribution in [2.75, 3.05) is 26.2 Å². The van der Waals surface area contributed by atoms with Crippen LogP contribution >= 0.6 is 11.6 Å². The third-order valence-electron chi connectivity index (χ3n) is 4.24. The van der Waals surface area contributed by atoms with Crippen molar-refractivity contribution >= 4 is 17.5 Å². The molecule has 0 N–H and O–H groups in total. The summed E-state index contributed by atoms with van der Waals surface area (Å²) in [6.07, 6.45) is 0. The van der Waals surface area contributed by atoms with Crippen LogP contribution in [0.3, 0.4) is 0 Å². The van der Waals surface area contributed by atoms with Gasteiger partial charge < -0.3 is 4.90 Å². The van der Waals surface area contributed by atoms with E-state index < -0.39 is 23.4 Å². The monoisotopic (exact) mass is 368 g/mol. The highest BCUT2D eigenvalue weighted by Crippen LogP contribution is 2.19. The second kappa shape index (κ2) is 7.45. The zero-order valence-corrected chi connectivity index (χ0v) is 14.1. The molecule has 25 heavy (non-hydrogen) atoms. The van der Waals surface area contributed by atoms with Gasteiger partial charge in [-0.3, -0.25) is 9.69 Å². The van der Waals surface area contributed by atoms with E-state index in [0.717, 1.165) is 6.07 Å². The minimum Gasteiger partial charge on any atom is -0.336 e. The molecular weight excluding hydrogens is 353 g/mol. The lowest BCUT2D eigenvalue weighted by molar-refractivity contribution is 0.0622. The van der Waals surface area contributed by atoms with Crippen LogP contribution in [-0.4, -0.2) is 41.9 Å². The quantitative estimate of drug-likeness (QED) is 0.824. The number of carbonyl (C=O) groups excluding carboxylic acids is 1. The maximum atomic E-state index is 13.8. The van der Waals surface area contributed by atoms with Gasteiger partial charge in [0.25, 0.3) is 5.91 Å². The van der Waals surface area contributed by atoms with Gasteiger partial charge in [-0.05, 0) is 24.3 Å². The molecule has 0 bridgehead atoms. The fourth-order valence-corrected chi connectivity index (χ4v) is 3.02. The molecule has 3 rings (SSSR count). The molecular formula is C18H16ClF3N2O. The summed E-state index contributed by atoms with van der Waals surface area (Å²) in [5.41, 5.74) is 0.220. The highest BCUT2D eigenvalue weighted by atomic mass is 35.5. The van der Waals surface area contributed by atoms with Crippen LogP contribution in [0.5, 0.6) is 0 Å². The van der Waals surface area contributed by atoms with Crippen LogP contribution in [0.2, 0.25) is 5.02 Å². The molecule has 0 atom stereocenters. The van der Waals surface area contributed by atoms with Crippen molar-refractivity contribution in [1.82, 2.24) is 9.80 Å². The minimum absolute atomic E-state index is 0.0582. The predicted molar refractivity (Wildman–Crippen MR) is 88.9 cm³/mol. The third-order valence-corrected chi connectivity index (χ3v) is 4.48. The largest absolute Gasteiger partial charge is 0.336 e. The van der Waals surface area contributed by atoms with Crippen LogP contribution in [0, 0.1) is 17.5 Å². The number of carbonyl (C=O) groups is 1. The molecule has 0 aliphatic carbocycles. The van der Waals surface area contributed by atoms with E-state index in [1.807, 2.05) is 4.90 Å². The van der Waals surface area contributed by atoms with Crippen molar-refractivity contribution in [1.29, 1.82) is 0 Å². The molecule has 0 radical (unpaired) electrons. The van der Waals surface area contributed by atoms with E-state index in [4.69, 9.17) is 11.6 Å². The number of nitrogens with zero attached hydrogens (tertiary/aromatic N) is 2. The topological polar surface area (TPSA) is 23.6 Å². The van der Waals surface area contributed by atoms with E-state index in [9.17, 15) is 18.0 Å². The molecule has 1 aliphatic heterocycles. The SMILES string of the molecule is O=C(c1cc(Cl)ccc1F)N1CCN(Cc2cccc(F)c2F)CC1. The first kappa shape index (κ1) is 17.8. The third kappa shape index (κ3) is 3.96. The van der Waals surface area contributed by atoms with Gasteiger partial charge in [0.1, 0.15) is 5.82 Å². The summed E-state index contributed by atoms with van der Waals surface area (Å²) in [7, 11) is 0. The van der Waals surface area contributed by atoms with Crippen LogP contribution < -0.4 is 0 Å². The zero-order chi connectivity index (χ0) is 18.0. The summed E-state index contributed by atoms with van der Waals surface area (Å²) < 4.78 is 40.8. The van der Waals surface area contributed by atoms with Crippen LogP contribution in [0.15, 0.2) is 36.4 Å². The molecule has 0 saturated carbocycles. The molecule has 1 fully saturated rings. The second-order valence-corrected chi connectivity index (χ2v) is 6.34. The highest BCUT2D eigenvalue weighted by molar-refractivity contribution is 6.31. The molecule has 0 unspecified atom stereocenters. The van der Waals surface area contributed by atoms with E-state index in [-0.39, 0.29) is 17.7 Å². The van der Waals surface area contributed by atoms with Gasteiger partial charge >= 0.3 is 0 Å². The summed E-state index contributed by atoms with van der Waals surface area (Å²) in [6, 6.07) is 7.95. The van der Waals surface area contributed by atoms with Gasteiger partial charge in [-0.1, -0.05) is 23.7 Å². The van der Waals surface area contributed by atoms with Gasteiger partial charge in [0.15, 0.2) is 11.6 Å². The summed E-state index contributed by atoms with van der Waals surface area (Å²) in [4.78, 5) is 15.9. The van der Waals surface area contributed by atoms with Crippen LogP contribution in [0.25, 0.3) is 0 Å². The molecule has 1 amide bonds. The smallest absolute Gasteiger partial charge is 0.256 e. The first-order valence-electron chi connectivity index (χ1n) is 7.85. The summed E-state index contributed by atoms with van der Waals surface area (Å²) in [6.45, 7) is 1.99. The molecule has 1 aliphatic rings. The standard InChI is InChI=1S/C18H16ClF3N2O/c19-13-4-5-15(20)14(10-13)18(25)24-8-6-23(7-9-24)11-12-2-1-3-16(21)17(12)22/h1-5,10H,6-9,11H2. The minimum atomic E-state index is -0.872. The van der Waals surface area contributed by atoms with Crippen molar-refractivity contribution in [3.63, 3.8) is 0 Å². The molecule has 2 aromatic rings. The van der Waals surface area contributed by atoms with E-state index in [0.29, 0.717) is 31.2 Å². The van der Waals surface area contributed by atoms with E-state index >= 15 is 0 Å². The van der Waals surface area contributed by atoms with Gasteiger partial charge in [0.2, 0.25) is 0 Å². The number of amides is 1. The van der Waals surface area contributed by atoms with Crippen LogP contribution in [-0.2, 0) is 6.54 Å². The Balaban J connectivity index is 1.63. The zero-order valence-electron chi connectivity index (χ0n) is 13.3. The van der Waals surface area contributed by atoms with Gasteiger partial charge in [-0.15, -0.1) is 0 Å². The lowest BCUT2D eigenvalue weighted by Crippen LogP contribution is -2.48. The van der Waals surface area contributed by atoms with Crippen LogP contribution in [0.4, 0.5) is 13.2 Å². The lowest BCUT2D eigenvalue weighted by Gasteiger charge is -2.35. The Morgan fingerprint density at radius 3 is 2.44 bits per heavy atom. The first-order chi connectivity index (χ1) is 12.0. The van der Waals surface area contributed by atoms with Crippen molar-refractivity contribution < 1.29 is 18.0 Å². The van der Waals surface area contributed by atoms with Gasteiger partial charge in [0.05, 0.1) is 5.56 Å². The Hall–Kier alpha value is -2.05. The molecule has 1 heterocycles. The van der Waals surface area contributed by atoms with Crippen LogP contribution in [0.1, 0.15) is 15.9 Å². The molecule has 0 spiro atoms. The molecule has 0 aromatic heterocycles. The number of rotatable bonds is 3. The van der Waals surface area contributed by atoms with Gasteiger partial charge in [0, 0.05) is 43.3 Å². The molecule has 1 saturated heterocycles. The number of benzene rings is 2. The summed E-state index contributed by atoms with van der Waals surface area (Å²) in [5, 5.41) is 0.296. The maximum absolute atomic E-state index is 13.8. The molecule has 3 nitrogen and oxygen atoms in total. The highest BCUT2D eigenvalue weighted by Gasteiger charge is 2.25. The lowest BCUT2D eigenvalue weighted by atomic mass is 10.1. The van der Waals surface area contributed by atoms with Crippen molar-refractivity contribution in [3.05, 3.63) is 70.0 Å². The van der Waals surface area contributed by atoms with Crippen molar-refractivity contribution in [2.24, 2.45) is 0 Å². The Morgan fingerprint density at radius 1 is 1.00 bits per heavy atom. The molecule has 7 heteroatoms.